The fourth-order valence-electron chi connectivity index (χ4n) is 1.64. The highest BCUT2D eigenvalue weighted by Gasteiger charge is 2.10. The fraction of sp³-hybridized carbons (Fsp3) is 0.500. The normalized spacial score (nSPS) is 10.9. The molecular formula is C16H25NO8. The zero-order valence-electron chi connectivity index (χ0n) is 14.5. The number of carboxylic acids is 2. The van der Waals surface area contributed by atoms with Crippen molar-refractivity contribution in [3.05, 3.63) is 18.2 Å². The molecule has 0 radical (unpaired) electrons. The summed E-state index contributed by atoms with van der Waals surface area (Å²) >= 11 is 0. The van der Waals surface area contributed by atoms with E-state index in [0.717, 1.165) is 13.0 Å². The van der Waals surface area contributed by atoms with Crippen molar-refractivity contribution in [3.63, 3.8) is 0 Å². The van der Waals surface area contributed by atoms with Gasteiger partial charge in [0.1, 0.15) is 0 Å². The van der Waals surface area contributed by atoms with E-state index in [9.17, 15) is 0 Å². The number of hydrogen-bond acceptors (Lipinski definition) is 7. The molecule has 25 heavy (non-hydrogen) atoms. The number of hydrogen-bond donors (Lipinski definition) is 4. The summed E-state index contributed by atoms with van der Waals surface area (Å²) in [5.74, 6) is -1.69. The number of methoxy groups -OCH3 is 2. The van der Waals surface area contributed by atoms with Crippen LogP contribution in [0.4, 0.5) is 0 Å². The molecular weight excluding hydrogens is 334 g/mol. The van der Waals surface area contributed by atoms with Crippen LogP contribution in [0.2, 0.25) is 0 Å². The molecule has 0 aliphatic rings. The molecule has 0 aromatic heterocycles. The molecule has 1 aromatic rings. The maximum Gasteiger partial charge on any atom is 0.414 e. The highest BCUT2D eigenvalue weighted by molar-refractivity contribution is 6.27. The molecule has 0 spiro atoms. The van der Waals surface area contributed by atoms with E-state index in [4.69, 9.17) is 39.1 Å². The largest absolute Gasteiger partial charge is 0.493 e. The molecule has 0 heterocycles. The first-order valence-corrected chi connectivity index (χ1v) is 7.52. The summed E-state index contributed by atoms with van der Waals surface area (Å²) in [6, 6.07) is 5.53. The van der Waals surface area contributed by atoms with Crippen molar-refractivity contribution in [2.24, 2.45) is 0 Å². The van der Waals surface area contributed by atoms with E-state index in [1.807, 2.05) is 18.2 Å². The molecule has 1 rings (SSSR count). The van der Waals surface area contributed by atoms with Gasteiger partial charge in [0.15, 0.2) is 11.5 Å². The Balaban J connectivity index is 0.000000823. The van der Waals surface area contributed by atoms with E-state index >= 15 is 0 Å². The van der Waals surface area contributed by atoms with E-state index in [2.05, 4.69) is 5.32 Å². The average molecular weight is 359 g/mol. The van der Waals surface area contributed by atoms with Crippen molar-refractivity contribution >= 4 is 11.9 Å². The Hall–Kier alpha value is -2.52. The molecule has 9 heteroatoms. The number of aliphatic hydroxyl groups is 1. The first-order chi connectivity index (χ1) is 11.8. The highest BCUT2D eigenvalue weighted by atomic mass is 16.5. The van der Waals surface area contributed by atoms with Crippen LogP contribution >= 0.6 is 0 Å². The van der Waals surface area contributed by atoms with Gasteiger partial charge in [0.2, 0.25) is 5.75 Å². The molecule has 1 unspecified atom stereocenters. The van der Waals surface area contributed by atoms with Crippen molar-refractivity contribution in [2.75, 3.05) is 33.9 Å². The van der Waals surface area contributed by atoms with Gasteiger partial charge >= 0.3 is 11.9 Å². The first kappa shape index (κ1) is 22.5. The van der Waals surface area contributed by atoms with Crippen LogP contribution < -0.4 is 19.5 Å². The third kappa shape index (κ3) is 10.0. The molecule has 0 amide bonds. The second-order valence-corrected chi connectivity index (χ2v) is 4.86. The van der Waals surface area contributed by atoms with E-state index < -0.39 is 11.9 Å². The Kier molecular flexibility index (Phi) is 11.6. The number of aliphatic hydroxyl groups excluding tert-OH is 1. The van der Waals surface area contributed by atoms with Gasteiger partial charge in [-0.25, -0.2) is 9.59 Å². The van der Waals surface area contributed by atoms with Crippen molar-refractivity contribution in [1.29, 1.82) is 0 Å². The van der Waals surface area contributed by atoms with Gasteiger partial charge in [0.25, 0.3) is 0 Å². The van der Waals surface area contributed by atoms with Crippen molar-refractivity contribution in [2.45, 2.75) is 19.4 Å². The maximum absolute atomic E-state index is 9.10. The number of para-hydroxylation sites is 1. The van der Waals surface area contributed by atoms with Gasteiger partial charge in [0.05, 0.1) is 26.9 Å². The van der Waals surface area contributed by atoms with E-state index in [1.165, 1.54) is 0 Å². The third-order valence-corrected chi connectivity index (χ3v) is 2.75. The Morgan fingerprint density at radius 3 is 2.04 bits per heavy atom. The van der Waals surface area contributed by atoms with Gasteiger partial charge in [-0.15, -0.1) is 0 Å². The second-order valence-electron chi connectivity index (χ2n) is 4.86. The average Bonchev–Trinajstić information content (AvgIpc) is 2.57. The van der Waals surface area contributed by atoms with Gasteiger partial charge in [-0.1, -0.05) is 6.07 Å². The molecule has 9 nitrogen and oxygen atoms in total. The summed E-state index contributed by atoms with van der Waals surface area (Å²) in [5.41, 5.74) is 0. The molecule has 0 fully saturated rings. The Morgan fingerprint density at radius 2 is 1.64 bits per heavy atom. The quantitative estimate of drug-likeness (QED) is 0.369. The summed E-state index contributed by atoms with van der Waals surface area (Å²) in [6.45, 7) is 3.70. The molecule has 1 aromatic carbocycles. The number of aliphatic carboxylic acids is 2. The SMILES string of the molecule is COc1cccc(OC)c1OCCCNCC(C)O.O=C(O)C(=O)O. The Morgan fingerprint density at radius 1 is 1.12 bits per heavy atom. The minimum atomic E-state index is -1.82. The standard InChI is InChI=1S/C14H23NO4.C2H2O4/c1-11(16)10-15-8-5-9-19-14-12(17-2)6-4-7-13(14)18-3;3-1(4)2(5)6/h4,6-7,11,15-16H,5,8-10H2,1-3H3;(H,3,4)(H,5,6). The fourth-order valence-corrected chi connectivity index (χ4v) is 1.64. The molecule has 0 saturated heterocycles. The zero-order valence-corrected chi connectivity index (χ0v) is 14.5. The zero-order chi connectivity index (χ0) is 19.2. The van der Waals surface area contributed by atoms with Crippen molar-refractivity contribution in [1.82, 2.24) is 5.32 Å². The van der Waals surface area contributed by atoms with Crippen molar-refractivity contribution < 1.29 is 39.1 Å². The lowest BCUT2D eigenvalue weighted by Crippen LogP contribution is -2.26. The van der Waals surface area contributed by atoms with Gasteiger partial charge in [0, 0.05) is 6.54 Å². The number of nitrogens with one attached hydrogen (secondary N) is 1. The van der Waals surface area contributed by atoms with Crippen LogP contribution in [-0.4, -0.2) is 67.3 Å². The topological polar surface area (TPSA) is 135 Å². The number of carboxylic acid groups (broad SMARTS) is 2. The van der Waals surface area contributed by atoms with Crippen molar-refractivity contribution in [3.8, 4) is 17.2 Å². The van der Waals surface area contributed by atoms with Gasteiger partial charge < -0.3 is 34.8 Å². The molecule has 4 N–H and O–H groups in total. The molecule has 142 valence electrons. The van der Waals surface area contributed by atoms with Crippen LogP contribution in [0.3, 0.4) is 0 Å². The summed E-state index contributed by atoms with van der Waals surface area (Å²) in [5, 5.41) is 27.0. The second kappa shape index (κ2) is 12.8. The maximum atomic E-state index is 9.10. The van der Waals surface area contributed by atoms with Crippen LogP contribution in [-0.2, 0) is 9.59 Å². The molecule has 0 aliphatic heterocycles. The van der Waals surface area contributed by atoms with Gasteiger partial charge in [-0.05, 0) is 32.0 Å². The first-order valence-electron chi connectivity index (χ1n) is 7.52. The van der Waals surface area contributed by atoms with Gasteiger partial charge in [-0.2, -0.15) is 0 Å². The summed E-state index contributed by atoms with van der Waals surface area (Å²) in [4.78, 5) is 18.2. The molecule has 1 atom stereocenters. The number of carbonyl (C=O) groups is 2. The lowest BCUT2D eigenvalue weighted by molar-refractivity contribution is -0.159. The van der Waals surface area contributed by atoms with E-state index in [1.54, 1.807) is 21.1 Å². The van der Waals surface area contributed by atoms with Gasteiger partial charge in [-0.3, -0.25) is 0 Å². The third-order valence-electron chi connectivity index (χ3n) is 2.75. The minimum Gasteiger partial charge on any atom is -0.493 e. The lowest BCUT2D eigenvalue weighted by atomic mass is 10.3. The number of ether oxygens (including phenoxy) is 3. The molecule has 0 aliphatic carbocycles. The van der Waals surface area contributed by atoms with Crippen LogP contribution in [0.5, 0.6) is 17.2 Å². The molecule has 0 bridgehead atoms. The Bertz CT molecular complexity index is 499. The van der Waals surface area contributed by atoms with Crippen LogP contribution in [0.25, 0.3) is 0 Å². The summed E-state index contributed by atoms with van der Waals surface area (Å²) in [7, 11) is 3.21. The van der Waals surface area contributed by atoms with Crippen LogP contribution in [0.15, 0.2) is 18.2 Å². The summed E-state index contributed by atoms with van der Waals surface area (Å²) in [6.07, 6.45) is 0.517. The predicted octanol–water partition coefficient (Wildman–Crippen LogP) is 0.599. The predicted molar refractivity (Wildman–Crippen MR) is 89.5 cm³/mol. The number of rotatable bonds is 9. The highest BCUT2D eigenvalue weighted by Crippen LogP contribution is 2.36. The monoisotopic (exact) mass is 359 g/mol. The number of benzene rings is 1. The molecule has 0 saturated carbocycles. The summed E-state index contributed by atoms with van der Waals surface area (Å²) < 4.78 is 16.2. The van der Waals surface area contributed by atoms with Crippen LogP contribution in [0, 0.1) is 0 Å². The Labute approximate surface area is 146 Å². The van der Waals surface area contributed by atoms with E-state index in [0.29, 0.717) is 30.4 Å². The smallest absolute Gasteiger partial charge is 0.414 e. The minimum absolute atomic E-state index is 0.324. The lowest BCUT2D eigenvalue weighted by Gasteiger charge is -2.14. The van der Waals surface area contributed by atoms with E-state index in [-0.39, 0.29) is 6.10 Å². The van der Waals surface area contributed by atoms with Crippen LogP contribution in [0.1, 0.15) is 13.3 Å².